The van der Waals surface area contributed by atoms with Crippen LogP contribution >= 0.6 is 0 Å². The summed E-state index contributed by atoms with van der Waals surface area (Å²) in [5, 5.41) is 3.40. The minimum atomic E-state index is 0.646. The van der Waals surface area contributed by atoms with Crippen molar-refractivity contribution in [1.29, 1.82) is 0 Å². The quantitative estimate of drug-likeness (QED) is 0.501. The summed E-state index contributed by atoms with van der Waals surface area (Å²) in [5.41, 5.74) is 0. The summed E-state index contributed by atoms with van der Waals surface area (Å²) in [6, 6.07) is 1.34. The van der Waals surface area contributed by atoms with E-state index in [1.807, 2.05) is 0 Å². The molecule has 0 aromatic carbocycles. The number of hydrogen-bond donors (Lipinski definition) is 1. The summed E-state index contributed by atoms with van der Waals surface area (Å²) in [7, 11) is 2.21. The van der Waals surface area contributed by atoms with Gasteiger partial charge in [-0.1, -0.05) is 54.4 Å². The van der Waals surface area contributed by atoms with E-state index in [1.54, 1.807) is 0 Å². The molecule has 0 bridgehead atoms. The van der Waals surface area contributed by atoms with Crippen molar-refractivity contribution >= 4 is 0 Å². The van der Waals surface area contributed by atoms with Crippen LogP contribution in [0.25, 0.3) is 0 Å². The van der Waals surface area contributed by atoms with Crippen LogP contribution in [0.15, 0.2) is 0 Å². The van der Waals surface area contributed by atoms with Gasteiger partial charge < -0.3 is 10.2 Å². The summed E-state index contributed by atoms with van der Waals surface area (Å²) in [6.45, 7) is 20.5. The molecule has 0 heterocycles. The fourth-order valence-corrected chi connectivity index (χ4v) is 2.07. The fraction of sp³-hybridized carbons (Fsp3) is 1.00. The summed E-state index contributed by atoms with van der Waals surface area (Å²) in [6.07, 6.45) is 6.78. The number of nitrogens with one attached hydrogen (secondary N) is 1. The zero-order valence-electron chi connectivity index (χ0n) is 17.2. The maximum Gasteiger partial charge on any atom is 0.00355 e. The SMILES string of the molecule is CC(C)CCCCN(C)C(C)C.CC(C)CCCNC(C)C. The van der Waals surface area contributed by atoms with Gasteiger partial charge in [0, 0.05) is 12.1 Å². The molecule has 0 aromatic heterocycles. The molecule has 2 nitrogen and oxygen atoms in total. The van der Waals surface area contributed by atoms with Gasteiger partial charge in [-0.25, -0.2) is 0 Å². The van der Waals surface area contributed by atoms with Crippen LogP contribution in [0.4, 0.5) is 0 Å². The van der Waals surface area contributed by atoms with Crippen molar-refractivity contribution in [3.63, 3.8) is 0 Å². The Morgan fingerprint density at radius 1 is 0.727 bits per heavy atom. The molecule has 22 heavy (non-hydrogen) atoms. The van der Waals surface area contributed by atoms with Gasteiger partial charge in [0.15, 0.2) is 0 Å². The van der Waals surface area contributed by atoms with Crippen molar-refractivity contribution in [1.82, 2.24) is 10.2 Å². The van der Waals surface area contributed by atoms with Crippen molar-refractivity contribution in [2.45, 2.75) is 99.6 Å². The molecule has 0 unspecified atom stereocenters. The number of nitrogens with zero attached hydrogens (tertiary/aromatic N) is 1. The van der Waals surface area contributed by atoms with Gasteiger partial charge in [-0.05, 0) is 65.1 Å². The fourth-order valence-electron chi connectivity index (χ4n) is 2.07. The van der Waals surface area contributed by atoms with E-state index in [4.69, 9.17) is 0 Å². The summed E-state index contributed by atoms with van der Waals surface area (Å²) < 4.78 is 0. The first kappa shape index (κ1) is 24.2. The number of hydrogen-bond acceptors (Lipinski definition) is 2. The van der Waals surface area contributed by atoms with Crippen molar-refractivity contribution in [2.75, 3.05) is 20.1 Å². The van der Waals surface area contributed by atoms with Crippen molar-refractivity contribution in [2.24, 2.45) is 11.8 Å². The van der Waals surface area contributed by atoms with Crippen LogP contribution in [0.3, 0.4) is 0 Å². The van der Waals surface area contributed by atoms with E-state index in [1.165, 1.54) is 45.2 Å². The molecule has 0 aliphatic carbocycles. The zero-order valence-corrected chi connectivity index (χ0v) is 17.2. The molecule has 0 spiro atoms. The molecule has 136 valence electrons. The predicted octanol–water partition coefficient (Wildman–Crippen LogP) is 5.57. The highest BCUT2D eigenvalue weighted by molar-refractivity contribution is 4.57. The lowest BCUT2D eigenvalue weighted by atomic mass is 10.1. The van der Waals surface area contributed by atoms with Crippen LogP contribution in [0.1, 0.15) is 87.5 Å². The Hall–Kier alpha value is -0.0800. The summed E-state index contributed by atoms with van der Waals surface area (Å²) in [4.78, 5) is 2.42. The second kappa shape index (κ2) is 15.8. The van der Waals surface area contributed by atoms with E-state index in [2.05, 4.69) is 72.7 Å². The van der Waals surface area contributed by atoms with Crippen LogP contribution in [0.2, 0.25) is 0 Å². The summed E-state index contributed by atoms with van der Waals surface area (Å²) >= 11 is 0. The van der Waals surface area contributed by atoms with Gasteiger partial charge in [0.25, 0.3) is 0 Å². The van der Waals surface area contributed by atoms with E-state index < -0.39 is 0 Å². The first-order valence-electron chi connectivity index (χ1n) is 9.60. The maximum absolute atomic E-state index is 3.40. The van der Waals surface area contributed by atoms with Gasteiger partial charge >= 0.3 is 0 Å². The highest BCUT2D eigenvalue weighted by Crippen LogP contribution is 2.07. The molecule has 0 atom stereocenters. The average Bonchev–Trinajstić information content (AvgIpc) is 2.39. The summed E-state index contributed by atoms with van der Waals surface area (Å²) in [5.74, 6) is 1.73. The van der Waals surface area contributed by atoms with E-state index in [0.29, 0.717) is 12.1 Å². The zero-order chi connectivity index (χ0) is 17.5. The Balaban J connectivity index is 0. The minimum absolute atomic E-state index is 0.646. The first-order chi connectivity index (χ1) is 10.2. The van der Waals surface area contributed by atoms with Gasteiger partial charge in [-0.15, -0.1) is 0 Å². The Labute approximate surface area is 142 Å². The second-order valence-corrected chi connectivity index (χ2v) is 8.11. The molecule has 2 heteroatoms. The molecule has 0 saturated carbocycles. The molecular formula is C20H46N2. The lowest BCUT2D eigenvalue weighted by Crippen LogP contribution is -2.27. The molecule has 0 radical (unpaired) electrons. The van der Waals surface area contributed by atoms with Crippen molar-refractivity contribution in [3.05, 3.63) is 0 Å². The van der Waals surface area contributed by atoms with E-state index in [9.17, 15) is 0 Å². The molecule has 0 aromatic rings. The largest absolute Gasteiger partial charge is 0.315 e. The molecule has 0 aliphatic rings. The Morgan fingerprint density at radius 2 is 1.23 bits per heavy atom. The normalized spacial score (nSPS) is 11.7. The average molecular weight is 315 g/mol. The minimum Gasteiger partial charge on any atom is -0.315 e. The van der Waals surface area contributed by atoms with Gasteiger partial charge in [-0.2, -0.15) is 0 Å². The molecule has 0 amide bonds. The maximum atomic E-state index is 3.40. The first-order valence-corrected chi connectivity index (χ1v) is 9.60. The molecule has 0 fully saturated rings. The van der Waals surface area contributed by atoms with Crippen molar-refractivity contribution in [3.8, 4) is 0 Å². The standard InChI is InChI=1S/C11H25N.C9H21N/c1-10(2)8-6-7-9-12(5)11(3)4;1-8(2)6-5-7-10-9(3)4/h10-11H,6-9H2,1-5H3;8-10H,5-7H2,1-4H3. The second-order valence-electron chi connectivity index (χ2n) is 8.11. The Bertz CT molecular complexity index is 200. The highest BCUT2D eigenvalue weighted by atomic mass is 15.1. The number of unbranched alkanes of at least 4 members (excludes halogenated alkanes) is 1. The molecule has 0 saturated heterocycles. The predicted molar refractivity (Wildman–Crippen MR) is 104 cm³/mol. The third kappa shape index (κ3) is 22.2. The topological polar surface area (TPSA) is 15.3 Å². The van der Waals surface area contributed by atoms with E-state index in [-0.39, 0.29) is 0 Å². The lowest BCUT2D eigenvalue weighted by Gasteiger charge is -2.20. The molecule has 0 rings (SSSR count). The van der Waals surface area contributed by atoms with Crippen LogP contribution in [-0.2, 0) is 0 Å². The third-order valence-corrected chi connectivity index (χ3v) is 3.93. The monoisotopic (exact) mass is 314 g/mol. The smallest absolute Gasteiger partial charge is 0.00355 e. The van der Waals surface area contributed by atoms with Gasteiger partial charge in [0.2, 0.25) is 0 Å². The van der Waals surface area contributed by atoms with E-state index in [0.717, 1.165) is 11.8 Å². The van der Waals surface area contributed by atoms with Crippen molar-refractivity contribution < 1.29 is 0 Å². The lowest BCUT2D eigenvalue weighted by molar-refractivity contribution is 0.265. The molecular weight excluding hydrogens is 268 g/mol. The Morgan fingerprint density at radius 3 is 1.64 bits per heavy atom. The van der Waals surface area contributed by atoms with Gasteiger partial charge in [0.1, 0.15) is 0 Å². The molecule has 1 N–H and O–H groups in total. The van der Waals surface area contributed by atoms with Crippen LogP contribution in [0, 0.1) is 11.8 Å². The Kier molecular flexibility index (Phi) is 17.4. The van der Waals surface area contributed by atoms with Crippen LogP contribution in [-0.4, -0.2) is 37.1 Å². The highest BCUT2D eigenvalue weighted by Gasteiger charge is 2.02. The van der Waals surface area contributed by atoms with Gasteiger partial charge in [0.05, 0.1) is 0 Å². The van der Waals surface area contributed by atoms with Crippen LogP contribution in [0.5, 0.6) is 0 Å². The van der Waals surface area contributed by atoms with Crippen LogP contribution < -0.4 is 5.32 Å². The number of rotatable bonds is 11. The van der Waals surface area contributed by atoms with E-state index >= 15 is 0 Å². The third-order valence-electron chi connectivity index (χ3n) is 3.93. The molecule has 0 aliphatic heterocycles. The van der Waals surface area contributed by atoms with Gasteiger partial charge in [-0.3, -0.25) is 0 Å².